The van der Waals surface area contributed by atoms with Crippen LogP contribution in [0.5, 0.6) is 5.75 Å². The first-order chi connectivity index (χ1) is 9.64. The Morgan fingerprint density at radius 1 is 1.55 bits per heavy atom. The molecule has 0 bridgehead atoms. The van der Waals surface area contributed by atoms with Crippen LogP contribution in [0.15, 0.2) is 23.2 Å². The number of hydrogen-bond donors (Lipinski definition) is 2. The molecule has 0 atom stereocenters. The van der Waals surface area contributed by atoms with Crippen LogP contribution >= 0.6 is 11.8 Å². The minimum absolute atomic E-state index is 0.106. The number of aliphatic imine (C=N–C) groups is 1. The highest BCUT2D eigenvalue weighted by Gasteiger charge is 2.08. The number of carbonyl (C=O) groups is 1. The molecule has 1 aromatic carbocycles. The van der Waals surface area contributed by atoms with Gasteiger partial charge in [-0.25, -0.2) is 4.99 Å². The van der Waals surface area contributed by atoms with Gasteiger partial charge in [-0.1, -0.05) is 18.7 Å². The molecule has 106 valence electrons. The number of carbonyl (C=O) groups excluding carboxylic acids is 1. The first-order valence-electron chi connectivity index (χ1n) is 5.90. The number of anilines is 1. The lowest BCUT2D eigenvalue weighted by atomic mass is 10.2. The lowest BCUT2D eigenvalue weighted by Gasteiger charge is -2.10. The number of thioether (sulfide) groups is 1. The molecule has 0 saturated carbocycles. The molecule has 6 nitrogen and oxygen atoms in total. The number of benzene rings is 1. The fraction of sp³-hybridized carbons (Fsp3) is 0.308. The van der Waals surface area contributed by atoms with Gasteiger partial charge in [0.25, 0.3) is 0 Å². The lowest BCUT2D eigenvalue weighted by molar-refractivity contribution is -0.115. The molecule has 2 N–H and O–H groups in total. The van der Waals surface area contributed by atoms with Crippen molar-refractivity contribution in [1.82, 2.24) is 5.32 Å². The highest BCUT2D eigenvalue weighted by Crippen LogP contribution is 2.30. The predicted octanol–water partition coefficient (Wildman–Crippen LogP) is 2.46. The van der Waals surface area contributed by atoms with Crippen molar-refractivity contribution >= 4 is 34.2 Å². The molecule has 20 heavy (non-hydrogen) atoms. The van der Waals surface area contributed by atoms with Crippen molar-refractivity contribution in [2.75, 3.05) is 18.7 Å². The van der Waals surface area contributed by atoms with E-state index in [0.717, 1.165) is 0 Å². The van der Waals surface area contributed by atoms with Crippen molar-refractivity contribution in [3.05, 3.63) is 18.2 Å². The second-order valence-corrected chi connectivity index (χ2v) is 4.44. The van der Waals surface area contributed by atoms with Crippen LogP contribution in [0.2, 0.25) is 0 Å². The number of amidine groups is 1. The quantitative estimate of drug-likeness (QED) is 0.385. The summed E-state index contributed by atoms with van der Waals surface area (Å²) in [4.78, 5) is 15.8. The standard InChI is InChI=1S/C13H16N4O2S/c1-4-12(18)16-10-6-5-9(19-2)7-11(10)17-13(20-3)15-8-14/h5-7H,4H2,1-3H3,(H,15,17)(H,16,18). The Bertz CT molecular complexity index is 552. The molecule has 1 aromatic rings. The Balaban J connectivity index is 3.18. The van der Waals surface area contributed by atoms with Gasteiger partial charge < -0.3 is 10.1 Å². The molecule has 0 unspecified atom stereocenters. The number of nitrogens with one attached hydrogen (secondary N) is 2. The Labute approximate surface area is 122 Å². The molecular weight excluding hydrogens is 276 g/mol. The second-order valence-electron chi connectivity index (χ2n) is 3.64. The molecule has 0 saturated heterocycles. The molecule has 0 heterocycles. The SMILES string of the molecule is CCC(=O)Nc1ccc(OC)cc1N=C(NC#N)SC. The van der Waals surface area contributed by atoms with Crippen molar-refractivity contribution in [3.63, 3.8) is 0 Å². The first-order valence-corrected chi connectivity index (χ1v) is 7.12. The van der Waals surface area contributed by atoms with Crippen LogP contribution in [0.4, 0.5) is 11.4 Å². The van der Waals surface area contributed by atoms with E-state index in [1.54, 1.807) is 38.5 Å². The van der Waals surface area contributed by atoms with Crippen molar-refractivity contribution in [2.24, 2.45) is 4.99 Å². The normalized spacial score (nSPS) is 10.6. The summed E-state index contributed by atoms with van der Waals surface area (Å²) in [5.41, 5.74) is 1.10. The summed E-state index contributed by atoms with van der Waals surface area (Å²) < 4.78 is 5.14. The number of methoxy groups -OCH3 is 1. The topological polar surface area (TPSA) is 86.5 Å². The zero-order valence-corrected chi connectivity index (χ0v) is 12.4. The number of nitriles is 1. The lowest BCUT2D eigenvalue weighted by Crippen LogP contribution is -2.13. The van der Waals surface area contributed by atoms with E-state index in [1.807, 2.05) is 6.19 Å². The van der Waals surface area contributed by atoms with Gasteiger partial charge in [-0.3, -0.25) is 10.1 Å². The highest BCUT2D eigenvalue weighted by molar-refractivity contribution is 8.13. The molecule has 0 spiro atoms. The van der Waals surface area contributed by atoms with Crippen molar-refractivity contribution < 1.29 is 9.53 Å². The van der Waals surface area contributed by atoms with Crippen molar-refractivity contribution in [3.8, 4) is 11.9 Å². The maximum Gasteiger partial charge on any atom is 0.224 e. The van der Waals surface area contributed by atoms with E-state index in [9.17, 15) is 4.79 Å². The second kappa shape index (κ2) is 8.07. The Morgan fingerprint density at radius 2 is 2.30 bits per heavy atom. The zero-order valence-electron chi connectivity index (χ0n) is 11.6. The minimum Gasteiger partial charge on any atom is -0.497 e. The average molecular weight is 292 g/mol. The molecule has 0 fully saturated rings. The number of rotatable bonds is 4. The summed E-state index contributed by atoms with van der Waals surface area (Å²) in [5.74, 6) is 0.515. The van der Waals surface area contributed by atoms with E-state index < -0.39 is 0 Å². The zero-order chi connectivity index (χ0) is 15.0. The monoisotopic (exact) mass is 292 g/mol. The third-order valence-corrected chi connectivity index (χ3v) is 2.96. The molecule has 0 aliphatic heterocycles. The van der Waals surface area contributed by atoms with Crippen LogP contribution in [-0.4, -0.2) is 24.4 Å². The molecule has 1 rings (SSSR count). The van der Waals surface area contributed by atoms with Crippen molar-refractivity contribution in [2.45, 2.75) is 13.3 Å². The van der Waals surface area contributed by atoms with Gasteiger partial charge in [-0.2, -0.15) is 5.26 Å². The first kappa shape index (κ1) is 15.9. The summed E-state index contributed by atoms with van der Waals surface area (Å²) in [6.07, 6.45) is 3.99. The van der Waals surface area contributed by atoms with E-state index in [0.29, 0.717) is 28.7 Å². The molecule has 0 aliphatic rings. The highest BCUT2D eigenvalue weighted by atomic mass is 32.2. The fourth-order valence-corrected chi connectivity index (χ4v) is 1.69. The van der Waals surface area contributed by atoms with Gasteiger partial charge in [-0.05, 0) is 18.4 Å². The molecule has 0 radical (unpaired) electrons. The Morgan fingerprint density at radius 3 is 2.85 bits per heavy atom. The van der Waals surface area contributed by atoms with E-state index in [-0.39, 0.29) is 5.91 Å². The summed E-state index contributed by atoms with van der Waals surface area (Å²) >= 11 is 1.30. The maximum atomic E-state index is 11.5. The Hall–Kier alpha value is -2.20. The Kier molecular flexibility index (Phi) is 6.40. The van der Waals surface area contributed by atoms with Gasteiger partial charge in [0, 0.05) is 12.5 Å². The van der Waals surface area contributed by atoms with Gasteiger partial charge in [0.1, 0.15) is 5.75 Å². The minimum atomic E-state index is -0.106. The average Bonchev–Trinajstić information content (AvgIpc) is 2.48. The van der Waals surface area contributed by atoms with E-state index in [1.165, 1.54) is 11.8 Å². The van der Waals surface area contributed by atoms with Crippen molar-refractivity contribution in [1.29, 1.82) is 5.26 Å². The third-order valence-electron chi connectivity index (χ3n) is 2.38. The number of ether oxygens (including phenoxy) is 1. The fourth-order valence-electron chi connectivity index (χ4n) is 1.36. The van der Waals surface area contributed by atoms with Crippen LogP contribution in [0.3, 0.4) is 0 Å². The molecule has 0 aliphatic carbocycles. The smallest absolute Gasteiger partial charge is 0.224 e. The van der Waals surface area contributed by atoms with Gasteiger partial charge >= 0.3 is 0 Å². The maximum absolute atomic E-state index is 11.5. The van der Waals surface area contributed by atoms with Crippen LogP contribution in [0.25, 0.3) is 0 Å². The predicted molar refractivity (Wildman–Crippen MR) is 81.3 cm³/mol. The molecular formula is C13H16N4O2S. The third kappa shape index (κ3) is 4.48. The molecule has 7 heteroatoms. The summed E-state index contributed by atoms with van der Waals surface area (Å²) in [7, 11) is 1.55. The largest absolute Gasteiger partial charge is 0.497 e. The number of amides is 1. The van der Waals surface area contributed by atoms with Crippen LogP contribution in [0.1, 0.15) is 13.3 Å². The van der Waals surface area contributed by atoms with E-state index in [2.05, 4.69) is 15.6 Å². The van der Waals surface area contributed by atoms with Gasteiger partial charge in [-0.15, -0.1) is 0 Å². The van der Waals surface area contributed by atoms with Crippen LogP contribution in [-0.2, 0) is 4.79 Å². The van der Waals surface area contributed by atoms with E-state index in [4.69, 9.17) is 10.00 Å². The van der Waals surface area contributed by atoms with Gasteiger partial charge in [0.05, 0.1) is 18.5 Å². The van der Waals surface area contributed by atoms with Crippen LogP contribution < -0.4 is 15.4 Å². The number of nitrogens with zero attached hydrogens (tertiary/aromatic N) is 2. The molecule has 0 aromatic heterocycles. The summed E-state index contributed by atoms with van der Waals surface area (Å²) in [6.45, 7) is 1.77. The summed E-state index contributed by atoms with van der Waals surface area (Å²) in [6, 6.07) is 5.15. The van der Waals surface area contributed by atoms with Crippen LogP contribution in [0, 0.1) is 11.5 Å². The molecule has 1 amide bonds. The van der Waals surface area contributed by atoms with Gasteiger partial charge in [0.2, 0.25) is 5.91 Å². The van der Waals surface area contributed by atoms with Gasteiger partial charge in [0.15, 0.2) is 11.4 Å². The van der Waals surface area contributed by atoms with E-state index >= 15 is 0 Å². The number of hydrogen-bond acceptors (Lipinski definition) is 5. The summed E-state index contributed by atoms with van der Waals surface area (Å²) in [5, 5.41) is 14.3.